The number of carbonyl (C=O) groups excluding carboxylic acids is 1. The third-order valence-corrected chi connectivity index (χ3v) is 6.33. The molecule has 0 saturated heterocycles. The van der Waals surface area contributed by atoms with Crippen LogP contribution in [0.4, 0.5) is 11.4 Å². The fraction of sp³-hybridized carbons (Fsp3) is 0.261. The zero-order valence-electron chi connectivity index (χ0n) is 18.8. The lowest BCUT2D eigenvalue weighted by atomic mass is 10.2. The smallest absolute Gasteiger partial charge is 0.312 e. The first kappa shape index (κ1) is 22.4. The number of hydrogen-bond donors (Lipinski definition) is 1. The van der Waals surface area contributed by atoms with E-state index in [9.17, 15) is 14.9 Å². The minimum atomic E-state index is -0.413. The van der Waals surface area contributed by atoms with E-state index in [0.717, 1.165) is 22.5 Å². The van der Waals surface area contributed by atoms with Crippen molar-refractivity contribution < 1.29 is 9.72 Å². The Balaban J connectivity index is 1.45. The van der Waals surface area contributed by atoms with Crippen LogP contribution in [0.15, 0.2) is 41.8 Å². The van der Waals surface area contributed by atoms with Crippen LogP contribution in [0.1, 0.15) is 43.6 Å². The molecule has 0 aliphatic rings. The van der Waals surface area contributed by atoms with Crippen molar-refractivity contribution in [3.8, 4) is 0 Å². The number of benzene rings is 1. The average molecular weight is 465 g/mol. The molecule has 33 heavy (non-hydrogen) atoms. The van der Waals surface area contributed by atoms with E-state index in [2.05, 4.69) is 15.5 Å². The van der Waals surface area contributed by atoms with Crippen molar-refractivity contribution >= 4 is 28.6 Å². The van der Waals surface area contributed by atoms with Gasteiger partial charge in [-0.1, -0.05) is 12.1 Å². The number of anilines is 1. The van der Waals surface area contributed by atoms with E-state index in [1.807, 2.05) is 54.2 Å². The number of thiophene rings is 1. The van der Waals surface area contributed by atoms with Gasteiger partial charge in [-0.3, -0.25) is 24.3 Å². The van der Waals surface area contributed by atoms with Gasteiger partial charge >= 0.3 is 5.69 Å². The highest BCUT2D eigenvalue weighted by atomic mass is 32.1. The fourth-order valence-electron chi connectivity index (χ4n) is 3.80. The van der Waals surface area contributed by atoms with E-state index in [1.165, 1.54) is 11.3 Å². The molecule has 0 fully saturated rings. The highest BCUT2D eigenvalue weighted by molar-refractivity contribution is 7.12. The van der Waals surface area contributed by atoms with Gasteiger partial charge in [-0.05, 0) is 68.5 Å². The third kappa shape index (κ3) is 4.85. The van der Waals surface area contributed by atoms with Crippen molar-refractivity contribution in [2.75, 3.05) is 5.32 Å². The van der Waals surface area contributed by atoms with Crippen molar-refractivity contribution in [1.82, 2.24) is 19.6 Å². The number of hydrogen-bond acceptors (Lipinski definition) is 6. The minimum absolute atomic E-state index is 0.0311. The number of nitrogens with one attached hydrogen (secondary N) is 1. The SMILES string of the molecule is Cc1cc(C)n(Cc2cccc(NC(=O)c3cc(Cn4nc(C)c([N+](=O)[O-])c4C)cs3)c2)n1. The van der Waals surface area contributed by atoms with Crippen LogP contribution in [-0.4, -0.2) is 30.4 Å². The summed E-state index contributed by atoms with van der Waals surface area (Å²) in [4.78, 5) is 24.2. The largest absolute Gasteiger partial charge is 0.321 e. The standard InChI is InChI=1S/C23H24N6O3S/c1-14-8-15(2)27(25-14)11-18-6-5-7-20(9-18)24-23(30)21-10-19(13-33-21)12-28-17(4)22(29(31)32)16(3)26-28/h5-10,13H,11-12H2,1-4H3,(H,24,30). The van der Waals surface area contributed by atoms with E-state index in [1.54, 1.807) is 24.6 Å². The average Bonchev–Trinajstić information content (AvgIpc) is 3.41. The quantitative estimate of drug-likeness (QED) is 0.317. The molecule has 0 bridgehead atoms. The number of aryl methyl sites for hydroxylation is 3. The summed E-state index contributed by atoms with van der Waals surface area (Å²) >= 11 is 1.33. The molecule has 0 spiro atoms. The van der Waals surface area contributed by atoms with Crippen molar-refractivity contribution in [2.45, 2.75) is 40.8 Å². The maximum atomic E-state index is 12.8. The molecule has 1 aromatic carbocycles. The van der Waals surface area contributed by atoms with Crippen LogP contribution < -0.4 is 5.32 Å². The maximum absolute atomic E-state index is 12.8. The molecule has 0 saturated carbocycles. The normalized spacial score (nSPS) is 11.0. The molecule has 4 rings (SSSR count). The van der Waals surface area contributed by atoms with Crippen molar-refractivity contribution in [1.29, 1.82) is 0 Å². The van der Waals surface area contributed by atoms with Crippen LogP contribution in [0.2, 0.25) is 0 Å². The molecule has 0 radical (unpaired) electrons. The molecule has 0 unspecified atom stereocenters. The Morgan fingerprint density at radius 3 is 2.48 bits per heavy atom. The number of rotatable bonds is 7. The zero-order chi connectivity index (χ0) is 23.7. The summed E-state index contributed by atoms with van der Waals surface area (Å²) in [7, 11) is 0. The van der Waals surface area contributed by atoms with E-state index >= 15 is 0 Å². The Kier molecular flexibility index (Phi) is 6.10. The second kappa shape index (κ2) is 8.99. The lowest BCUT2D eigenvalue weighted by Gasteiger charge is -2.08. The molecular formula is C23H24N6O3S. The molecule has 1 amide bonds. The van der Waals surface area contributed by atoms with Gasteiger partial charge in [0.05, 0.1) is 28.6 Å². The molecule has 0 aliphatic heterocycles. The van der Waals surface area contributed by atoms with Crippen LogP contribution in [0.3, 0.4) is 0 Å². The molecule has 3 heterocycles. The Morgan fingerprint density at radius 1 is 1.06 bits per heavy atom. The number of amides is 1. The van der Waals surface area contributed by atoms with Gasteiger partial charge in [0.15, 0.2) is 0 Å². The third-order valence-electron chi connectivity index (χ3n) is 5.36. The van der Waals surface area contributed by atoms with Gasteiger partial charge in [-0.2, -0.15) is 10.2 Å². The maximum Gasteiger partial charge on any atom is 0.312 e. The van der Waals surface area contributed by atoms with Crippen LogP contribution in [0, 0.1) is 37.8 Å². The number of nitrogens with zero attached hydrogens (tertiary/aromatic N) is 5. The van der Waals surface area contributed by atoms with Crippen molar-refractivity contribution in [3.63, 3.8) is 0 Å². The molecule has 0 atom stereocenters. The highest BCUT2D eigenvalue weighted by Crippen LogP contribution is 2.24. The predicted molar refractivity (Wildman–Crippen MR) is 127 cm³/mol. The van der Waals surface area contributed by atoms with E-state index in [4.69, 9.17) is 0 Å². The summed E-state index contributed by atoms with van der Waals surface area (Å²) in [6.07, 6.45) is 0. The Bertz CT molecular complexity index is 1350. The Morgan fingerprint density at radius 2 is 1.82 bits per heavy atom. The number of carbonyl (C=O) groups is 1. The van der Waals surface area contributed by atoms with Gasteiger partial charge in [0.1, 0.15) is 11.4 Å². The van der Waals surface area contributed by atoms with Gasteiger partial charge in [-0.15, -0.1) is 11.3 Å². The van der Waals surface area contributed by atoms with E-state index in [-0.39, 0.29) is 11.6 Å². The highest BCUT2D eigenvalue weighted by Gasteiger charge is 2.22. The number of nitro groups is 1. The van der Waals surface area contributed by atoms with E-state index in [0.29, 0.717) is 35.0 Å². The van der Waals surface area contributed by atoms with Gasteiger partial charge < -0.3 is 5.32 Å². The number of aromatic nitrogens is 4. The topological polar surface area (TPSA) is 108 Å². The van der Waals surface area contributed by atoms with Gasteiger partial charge in [0.2, 0.25) is 0 Å². The predicted octanol–water partition coefficient (Wildman–Crippen LogP) is 4.63. The van der Waals surface area contributed by atoms with Crippen molar-refractivity contribution in [3.05, 3.63) is 90.7 Å². The van der Waals surface area contributed by atoms with Crippen LogP contribution in [-0.2, 0) is 13.1 Å². The summed E-state index contributed by atoms with van der Waals surface area (Å²) in [5.41, 5.74) is 5.58. The minimum Gasteiger partial charge on any atom is -0.321 e. The summed E-state index contributed by atoms with van der Waals surface area (Å²) in [5, 5.41) is 24.8. The second-order valence-electron chi connectivity index (χ2n) is 7.99. The first-order valence-corrected chi connectivity index (χ1v) is 11.3. The first-order chi connectivity index (χ1) is 15.7. The van der Waals surface area contributed by atoms with Crippen LogP contribution in [0.5, 0.6) is 0 Å². The summed E-state index contributed by atoms with van der Waals surface area (Å²) < 4.78 is 3.53. The summed E-state index contributed by atoms with van der Waals surface area (Å²) in [5.74, 6) is -0.200. The van der Waals surface area contributed by atoms with Gasteiger partial charge in [0, 0.05) is 11.4 Å². The lowest BCUT2D eigenvalue weighted by Crippen LogP contribution is -2.11. The second-order valence-corrected chi connectivity index (χ2v) is 8.90. The monoisotopic (exact) mass is 464 g/mol. The fourth-order valence-corrected chi connectivity index (χ4v) is 4.60. The lowest BCUT2D eigenvalue weighted by molar-refractivity contribution is -0.386. The molecule has 9 nitrogen and oxygen atoms in total. The van der Waals surface area contributed by atoms with Gasteiger partial charge in [-0.25, -0.2) is 0 Å². The Labute approximate surface area is 194 Å². The van der Waals surface area contributed by atoms with Crippen LogP contribution >= 0.6 is 11.3 Å². The Hall–Kier alpha value is -3.79. The molecule has 0 aliphatic carbocycles. The molecule has 4 aromatic rings. The molecule has 1 N–H and O–H groups in total. The van der Waals surface area contributed by atoms with Crippen molar-refractivity contribution in [2.24, 2.45) is 0 Å². The molecule has 170 valence electrons. The molecule has 10 heteroatoms. The van der Waals surface area contributed by atoms with E-state index < -0.39 is 4.92 Å². The van der Waals surface area contributed by atoms with Crippen LogP contribution in [0.25, 0.3) is 0 Å². The summed E-state index contributed by atoms with van der Waals surface area (Å²) in [6, 6.07) is 11.5. The van der Waals surface area contributed by atoms with Gasteiger partial charge in [0.25, 0.3) is 5.91 Å². The zero-order valence-corrected chi connectivity index (χ0v) is 19.6. The molecule has 3 aromatic heterocycles. The molecular weight excluding hydrogens is 440 g/mol. The first-order valence-electron chi connectivity index (χ1n) is 10.4. The summed E-state index contributed by atoms with van der Waals surface area (Å²) in [6.45, 7) is 8.27.